The van der Waals surface area contributed by atoms with E-state index in [0.29, 0.717) is 39.0 Å². The largest absolute Gasteiger partial charge is 0.340 e. The van der Waals surface area contributed by atoms with E-state index in [4.69, 9.17) is 0 Å². The molecular weight excluding hydrogens is 330 g/mol. The molecule has 1 unspecified atom stereocenters. The molecule has 1 atom stereocenters. The molecule has 3 rings (SSSR count). The number of rotatable bonds is 4. The van der Waals surface area contributed by atoms with Crippen molar-refractivity contribution >= 4 is 21.7 Å². The molecule has 136 valence electrons. The number of hydrogen-bond donors (Lipinski definition) is 1. The fraction of sp³-hybridized carbons (Fsp3) is 0.875. The van der Waals surface area contributed by atoms with Gasteiger partial charge in [-0.2, -0.15) is 0 Å². The summed E-state index contributed by atoms with van der Waals surface area (Å²) in [4.78, 5) is 28.0. The molecule has 24 heavy (non-hydrogen) atoms. The summed E-state index contributed by atoms with van der Waals surface area (Å²) < 4.78 is 24.8. The van der Waals surface area contributed by atoms with E-state index in [1.165, 1.54) is 0 Å². The normalized spacial score (nSPS) is 26.8. The minimum absolute atomic E-state index is 0.0199. The predicted octanol–water partition coefficient (Wildman–Crippen LogP) is -0.233. The van der Waals surface area contributed by atoms with Crippen LogP contribution in [0.3, 0.4) is 0 Å². The van der Waals surface area contributed by atoms with Crippen LogP contribution in [0, 0.1) is 0 Å². The molecule has 0 aromatic rings. The van der Waals surface area contributed by atoms with Crippen molar-refractivity contribution in [3.05, 3.63) is 0 Å². The van der Waals surface area contributed by atoms with E-state index in [0.717, 1.165) is 32.2 Å². The molecule has 3 fully saturated rings. The van der Waals surface area contributed by atoms with Crippen LogP contribution < -0.4 is 5.32 Å². The number of amides is 2. The Bertz CT molecular complexity index is 586. The van der Waals surface area contributed by atoms with Gasteiger partial charge in [0.25, 0.3) is 0 Å². The molecule has 3 aliphatic rings. The Hall–Kier alpha value is -1.15. The van der Waals surface area contributed by atoms with Gasteiger partial charge in [-0.05, 0) is 25.7 Å². The smallest absolute Gasteiger partial charge is 0.237 e. The van der Waals surface area contributed by atoms with Crippen LogP contribution in [0.4, 0.5) is 0 Å². The number of sulfone groups is 1. The van der Waals surface area contributed by atoms with E-state index < -0.39 is 9.84 Å². The zero-order valence-electron chi connectivity index (χ0n) is 14.1. The van der Waals surface area contributed by atoms with Gasteiger partial charge in [-0.1, -0.05) is 12.8 Å². The first kappa shape index (κ1) is 17.7. The van der Waals surface area contributed by atoms with Crippen molar-refractivity contribution < 1.29 is 18.0 Å². The molecule has 0 radical (unpaired) electrons. The molecule has 7 nitrogen and oxygen atoms in total. The van der Waals surface area contributed by atoms with Gasteiger partial charge in [0.2, 0.25) is 11.8 Å². The zero-order chi connectivity index (χ0) is 17.2. The molecule has 8 heteroatoms. The number of carbonyl (C=O) groups is 2. The third-order valence-electron chi connectivity index (χ3n) is 5.45. The highest BCUT2D eigenvalue weighted by Gasteiger charge is 2.35. The van der Waals surface area contributed by atoms with Crippen LogP contribution in [0.1, 0.15) is 38.5 Å². The van der Waals surface area contributed by atoms with E-state index in [2.05, 4.69) is 5.32 Å². The summed E-state index contributed by atoms with van der Waals surface area (Å²) in [5, 5.41) is 2.71. The second-order valence-electron chi connectivity index (χ2n) is 7.11. The average Bonchev–Trinajstić information content (AvgIpc) is 3.10. The number of carbonyl (C=O) groups excluding carboxylic acids is 2. The van der Waals surface area contributed by atoms with Gasteiger partial charge in [0, 0.05) is 32.2 Å². The Morgan fingerprint density at radius 2 is 1.88 bits per heavy atom. The van der Waals surface area contributed by atoms with Crippen molar-refractivity contribution in [3.8, 4) is 0 Å². The van der Waals surface area contributed by atoms with Gasteiger partial charge in [-0.15, -0.1) is 0 Å². The van der Waals surface area contributed by atoms with Gasteiger partial charge in [0.05, 0.1) is 11.8 Å². The highest BCUT2D eigenvalue weighted by atomic mass is 32.2. The summed E-state index contributed by atoms with van der Waals surface area (Å²) in [6.45, 7) is 2.83. The molecule has 1 N–H and O–H groups in total. The highest BCUT2D eigenvalue weighted by Crippen LogP contribution is 2.26. The van der Waals surface area contributed by atoms with Gasteiger partial charge in [0.15, 0.2) is 9.84 Å². The number of piperidine rings is 1. The number of nitrogens with zero attached hydrogens (tertiary/aromatic N) is 2. The molecule has 0 bridgehead atoms. The van der Waals surface area contributed by atoms with Crippen molar-refractivity contribution in [2.75, 3.05) is 38.5 Å². The summed E-state index contributed by atoms with van der Waals surface area (Å²) in [6, 6.07) is 0.0199. The van der Waals surface area contributed by atoms with Gasteiger partial charge < -0.3 is 15.1 Å². The lowest BCUT2D eigenvalue weighted by Crippen LogP contribution is -2.58. The van der Waals surface area contributed by atoms with E-state index in [1.54, 1.807) is 4.90 Å². The van der Waals surface area contributed by atoms with Crippen LogP contribution in [0.15, 0.2) is 0 Å². The van der Waals surface area contributed by atoms with Crippen LogP contribution in [0.25, 0.3) is 0 Å². The summed E-state index contributed by atoms with van der Waals surface area (Å²) in [6.07, 6.45) is 4.95. The Kier molecular flexibility index (Phi) is 5.44. The Morgan fingerprint density at radius 3 is 2.58 bits per heavy atom. The number of likely N-dealkylation sites (tertiary alicyclic amines) is 1. The molecular formula is C16H27N3O4S. The third-order valence-corrected chi connectivity index (χ3v) is 7.59. The molecule has 2 heterocycles. The topological polar surface area (TPSA) is 86.8 Å². The Labute approximate surface area is 143 Å². The quantitative estimate of drug-likeness (QED) is 0.751. The minimum Gasteiger partial charge on any atom is -0.340 e. The van der Waals surface area contributed by atoms with E-state index in [9.17, 15) is 18.0 Å². The summed E-state index contributed by atoms with van der Waals surface area (Å²) >= 11 is 0. The SMILES string of the molecule is O=C(CS(=O)(=O)C1CCCC1)N1CCCC(N2CCNCC2=O)C1. The van der Waals surface area contributed by atoms with Gasteiger partial charge >= 0.3 is 0 Å². The van der Waals surface area contributed by atoms with E-state index >= 15 is 0 Å². The molecule has 0 aromatic carbocycles. The maximum Gasteiger partial charge on any atom is 0.237 e. The molecule has 2 amide bonds. The zero-order valence-corrected chi connectivity index (χ0v) is 14.9. The van der Waals surface area contributed by atoms with Crippen LogP contribution in [-0.4, -0.2) is 79.8 Å². The molecule has 0 spiro atoms. The second-order valence-corrected chi connectivity index (χ2v) is 9.39. The first-order chi connectivity index (χ1) is 11.5. The molecule has 0 aromatic heterocycles. The molecule has 2 aliphatic heterocycles. The van der Waals surface area contributed by atoms with Crippen LogP contribution in [0.2, 0.25) is 0 Å². The maximum atomic E-state index is 12.5. The van der Waals surface area contributed by atoms with E-state index in [1.807, 2.05) is 4.90 Å². The number of nitrogens with one attached hydrogen (secondary N) is 1. The summed E-state index contributed by atoms with van der Waals surface area (Å²) in [7, 11) is -3.34. The van der Waals surface area contributed by atoms with E-state index in [-0.39, 0.29) is 28.9 Å². The molecule has 1 saturated carbocycles. The average molecular weight is 357 g/mol. The van der Waals surface area contributed by atoms with Gasteiger partial charge in [0.1, 0.15) is 5.75 Å². The fourth-order valence-electron chi connectivity index (χ4n) is 4.07. The van der Waals surface area contributed by atoms with Crippen molar-refractivity contribution in [2.24, 2.45) is 0 Å². The molecule has 2 saturated heterocycles. The van der Waals surface area contributed by atoms with Crippen molar-refractivity contribution in [1.82, 2.24) is 15.1 Å². The summed E-state index contributed by atoms with van der Waals surface area (Å²) in [5.74, 6) is -0.604. The first-order valence-corrected chi connectivity index (χ1v) is 10.7. The maximum absolute atomic E-state index is 12.5. The third kappa shape index (κ3) is 3.91. The predicted molar refractivity (Wildman–Crippen MR) is 90.2 cm³/mol. The van der Waals surface area contributed by atoms with Crippen molar-refractivity contribution in [1.29, 1.82) is 0 Å². The standard InChI is InChI=1S/C16H27N3O4S/c20-15-10-17-7-9-19(15)13-4-3-8-18(11-13)16(21)12-24(22,23)14-5-1-2-6-14/h13-14,17H,1-12H2. The van der Waals surface area contributed by atoms with Crippen molar-refractivity contribution in [3.63, 3.8) is 0 Å². The Morgan fingerprint density at radius 1 is 1.12 bits per heavy atom. The number of piperazine rings is 1. The second kappa shape index (κ2) is 7.39. The van der Waals surface area contributed by atoms with Gasteiger partial charge in [-0.25, -0.2) is 8.42 Å². The lowest BCUT2D eigenvalue weighted by Gasteiger charge is -2.41. The summed E-state index contributed by atoms with van der Waals surface area (Å²) in [5.41, 5.74) is 0. The van der Waals surface area contributed by atoms with Crippen LogP contribution in [-0.2, 0) is 19.4 Å². The fourth-order valence-corrected chi connectivity index (χ4v) is 5.89. The van der Waals surface area contributed by atoms with Crippen LogP contribution in [0.5, 0.6) is 0 Å². The number of hydrogen-bond acceptors (Lipinski definition) is 5. The monoisotopic (exact) mass is 357 g/mol. The lowest BCUT2D eigenvalue weighted by atomic mass is 10.0. The van der Waals surface area contributed by atoms with Crippen molar-refractivity contribution in [2.45, 2.75) is 49.8 Å². The van der Waals surface area contributed by atoms with Crippen LogP contribution >= 0.6 is 0 Å². The first-order valence-electron chi connectivity index (χ1n) is 8.97. The molecule has 1 aliphatic carbocycles. The lowest BCUT2D eigenvalue weighted by molar-refractivity contribution is -0.139. The Balaban J connectivity index is 1.59. The highest BCUT2D eigenvalue weighted by molar-refractivity contribution is 7.92. The van der Waals surface area contributed by atoms with Gasteiger partial charge in [-0.3, -0.25) is 9.59 Å². The minimum atomic E-state index is -3.34.